The number of allylic oxidation sites excluding steroid dienone is 1. The van der Waals surface area contributed by atoms with E-state index >= 15 is 0 Å². The van der Waals surface area contributed by atoms with Gasteiger partial charge in [-0.2, -0.15) is 26.3 Å². The third-order valence-electron chi connectivity index (χ3n) is 8.96. The molecular weight excluding hydrogens is 454 g/mol. The highest BCUT2D eigenvalue weighted by Gasteiger charge is 2.60. The van der Waals surface area contributed by atoms with Crippen LogP contribution in [0.1, 0.15) is 65.2 Å². The van der Waals surface area contributed by atoms with Gasteiger partial charge in [0.15, 0.2) is 0 Å². The average molecular weight is 482 g/mol. The molecule has 0 saturated heterocycles. The number of esters is 2. The van der Waals surface area contributed by atoms with E-state index in [9.17, 15) is 35.9 Å². The first-order valence-electron chi connectivity index (χ1n) is 11.4. The predicted octanol–water partition coefficient (Wildman–Crippen LogP) is 5.90. The Morgan fingerprint density at radius 3 is 2.15 bits per heavy atom. The molecule has 33 heavy (non-hydrogen) atoms. The van der Waals surface area contributed by atoms with Crippen LogP contribution in [0.15, 0.2) is 11.6 Å². The molecule has 7 atom stereocenters. The van der Waals surface area contributed by atoms with Gasteiger partial charge in [0, 0.05) is 11.8 Å². The summed E-state index contributed by atoms with van der Waals surface area (Å²) in [6, 6.07) is 0. The zero-order valence-corrected chi connectivity index (χ0v) is 18.5. The fourth-order valence-electron chi connectivity index (χ4n) is 7.29. The van der Waals surface area contributed by atoms with Crippen LogP contribution in [0.2, 0.25) is 0 Å². The van der Waals surface area contributed by atoms with E-state index in [1.807, 2.05) is 13.0 Å². The summed E-state index contributed by atoms with van der Waals surface area (Å²) >= 11 is 0. The number of rotatable bonds is 2. The molecule has 0 heterocycles. The maximum absolute atomic E-state index is 12.8. The second-order valence-electron chi connectivity index (χ2n) is 10.5. The third kappa shape index (κ3) is 4.16. The van der Waals surface area contributed by atoms with E-state index in [1.165, 1.54) is 0 Å². The molecule has 10 heteroatoms. The topological polar surface area (TPSA) is 52.6 Å². The Morgan fingerprint density at radius 1 is 0.879 bits per heavy atom. The van der Waals surface area contributed by atoms with Crippen molar-refractivity contribution in [1.29, 1.82) is 0 Å². The van der Waals surface area contributed by atoms with Gasteiger partial charge in [-0.15, -0.1) is 0 Å². The lowest BCUT2D eigenvalue weighted by Gasteiger charge is -2.57. The van der Waals surface area contributed by atoms with Crippen molar-refractivity contribution in [3.05, 3.63) is 11.6 Å². The molecule has 0 aromatic carbocycles. The number of carbonyl (C=O) groups is 2. The van der Waals surface area contributed by atoms with Crippen LogP contribution in [0.3, 0.4) is 0 Å². The van der Waals surface area contributed by atoms with Gasteiger partial charge in [-0.25, -0.2) is 9.59 Å². The predicted molar refractivity (Wildman–Crippen MR) is 104 cm³/mol. The smallest absolute Gasteiger partial charge is 0.455 e. The summed E-state index contributed by atoms with van der Waals surface area (Å²) in [6.45, 7) is 4.03. The van der Waals surface area contributed by atoms with Crippen molar-refractivity contribution in [3.8, 4) is 0 Å². The highest BCUT2D eigenvalue weighted by molar-refractivity contribution is 5.76. The van der Waals surface area contributed by atoms with Crippen molar-refractivity contribution in [3.63, 3.8) is 0 Å². The summed E-state index contributed by atoms with van der Waals surface area (Å²) in [5, 5.41) is 0. The summed E-state index contributed by atoms with van der Waals surface area (Å²) in [7, 11) is 0. The maximum Gasteiger partial charge on any atom is 0.490 e. The Kier molecular flexibility index (Phi) is 5.84. The molecule has 4 aliphatic rings. The Balaban J connectivity index is 1.49. The lowest BCUT2D eigenvalue weighted by atomic mass is 9.48. The molecule has 0 spiro atoms. The van der Waals surface area contributed by atoms with Crippen molar-refractivity contribution in [1.82, 2.24) is 0 Å². The van der Waals surface area contributed by atoms with Crippen molar-refractivity contribution in [2.24, 2.45) is 28.6 Å². The second-order valence-corrected chi connectivity index (χ2v) is 10.5. The number of carbonyl (C=O) groups excluding carboxylic acids is 2. The highest BCUT2D eigenvalue weighted by atomic mass is 19.4. The fourth-order valence-corrected chi connectivity index (χ4v) is 7.29. The molecule has 3 unspecified atom stereocenters. The van der Waals surface area contributed by atoms with Crippen molar-refractivity contribution in [2.75, 3.05) is 0 Å². The van der Waals surface area contributed by atoms with Gasteiger partial charge in [-0.1, -0.05) is 25.5 Å². The molecule has 0 radical (unpaired) electrons. The minimum atomic E-state index is -5.02. The van der Waals surface area contributed by atoms with Gasteiger partial charge >= 0.3 is 24.3 Å². The van der Waals surface area contributed by atoms with Crippen LogP contribution >= 0.6 is 0 Å². The van der Waals surface area contributed by atoms with Gasteiger partial charge in [0.2, 0.25) is 0 Å². The molecule has 0 N–H and O–H groups in total. The molecule has 0 aliphatic heterocycles. The van der Waals surface area contributed by atoms with Crippen molar-refractivity contribution < 1.29 is 45.4 Å². The number of hydrogen-bond donors (Lipinski definition) is 0. The number of ether oxygens (including phenoxy) is 2. The first-order valence-corrected chi connectivity index (χ1v) is 11.4. The van der Waals surface area contributed by atoms with Crippen molar-refractivity contribution >= 4 is 11.9 Å². The lowest BCUT2D eigenvalue weighted by Crippen LogP contribution is -2.52. The number of fused-ring (bicyclic) bond motifs is 5. The number of halogens is 6. The lowest BCUT2D eigenvalue weighted by molar-refractivity contribution is -0.211. The van der Waals surface area contributed by atoms with Gasteiger partial charge < -0.3 is 9.47 Å². The van der Waals surface area contributed by atoms with Crippen LogP contribution in [0.4, 0.5) is 26.3 Å². The van der Waals surface area contributed by atoms with Crippen LogP contribution < -0.4 is 0 Å². The van der Waals surface area contributed by atoms with Gasteiger partial charge in [-0.3, -0.25) is 0 Å². The second kappa shape index (κ2) is 7.90. The summed E-state index contributed by atoms with van der Waals surface area (Å²) in [5.41, 5.74) is 0.242. The van der Waals surface area contributed by atoms with Gasteiger partial charge in [0.05, 0.1) is 0 Å². The Hall–Kier alpha value is -1.74. The van der Waals surface area contributed by atoms with Crippen LogP contribution in [-0.4, -0.2) is 36.5 Å². The third-order valence-corrected chi connectivity index (χ3v) is 8.96. The molecule has 4 rings (SSSR count). The normalized spacial score (nSPS) is 40.7. The maximum atomic E-state index is 12.8. The van der Waals surface area contributed by atoms with Gasteiger partial charge in [-0.05, 0) is 68.1 Å². The number of alkyl halides is 6. The molecule has 3 saturated carbocycles. The molecule has 0 bridgehead atoms. The van der Waals surface area contributed by atoms with E-state index < -0.39 is 41.9 Å². The van der Waals surface area contributed by atoms with Crippen LogP contribution in [0, 0.1) is 28.6 Å². The fraction of sp³-hybridized carbons (Fsp3) is 0.826. The minimum Gasteiger partial charge on any atom is -0.455 e. The van der Waals surface area contributed by atoms with E-state index in [4.69, 9.17) is 9.47 Å². The van der Waals surface area contributed by atoms with Crippen LogP contribution in [-0.2, 0) is 19.1 Å². The highest BCUT2D eigenvalue weighted by Crippen LogP contribution is 2.65. The standard InChI is InChI=1S/C23H28F6O4/c1-20-9-7-13(32-18(30)22(24,25)26)11-12(20)3-4-14-15-5-6-17(33-19(31)23(27,28)29)21(15,2)10-8-16(14)20/h3,13-17H,4-11H2,1-2H3/t13-,14?,15?,16?,17+,20+,21+/m1/s1. The Morgan fingerprint density at radius 2 is 1.52 bits per heavy atom. The van der Waals surface area contributed by atoms with Crippen LogP contribution in [0.25, 0.3) is 0 Å². The van der Waals surface area contributed by atoms with Crippen LogP contribution in [0.5, 0.6) is 0 Å². The molecular formula is C23H28F6O4. The molecule has 0 amide bonds. The summed E-state index contributed by atoms with van der Waals surface area (Å²) in [4.78, 5) is 22.7. The average Bonchev–Trinajstić information content (AvgIpc) is 3.03. The summed E-state index contributed by atoms with van der Waals surface area (Å²) in [6.07, 6.45) is -5.24. The van der Waals surface area contributed by atoms with E-state index in [1.54, 1.807) is 0 Å². The van der Waals surface area contributed by atoms with Gasteiger partial charge in [0.1, 0.15) is 12.2 Å². The van der Waals surface area contributed by atoms with E-state index in [-0.39, 0.29) is 29.6 Å². The van der Waals surface area contributed by atoms with E-state index in [0.29, 0.717) is 38.5 Å². The number of hydrogen-bond acceptors (Lipinski definition) is 4. The van der Waals surface area contributed by atoms with Crippen molar-refractivity contribution in [2.45, 2.75) is 89.8 Å². The molecule has 0 aromatic rings. The summed E-state index contributed by atoms with van der Waals surface area (Å²) in [5.74, 6) is -3.74. The minimum absolute atomic E-state index is 0.109. The first kappa shape index (κ1) is 24.4. The van der Waals surface area contributed by atoms with E-state index in [0.717, 1.165) is 12.0 Å². The summed E-state index contributed by atoms with van der Waals surface area (Å²) < 4.78 is 85.7. The van der Waals surface area contributed by atoms with Gasteiger partial charge in [0.25, 0.3) is 0 Å². The molecule has 4 aliphatic carbocycles. The zero-order valence-electron chi connectivity index (χ0n) is 18.5. The molecule has 186 valence electrons. The molecule has 0 aromatic heterocycles. The molecule has 3 fully saturated rings. The Labute approximate surface area is 188 Å². The quantitative estimate of drug-likeness (QED) is 0.280. The SMILES string of the molecule is C[C@]12CC[C@@H](OC(=O)C(F)(F)F)CC1=CCC1C2CC[C@@]2(C)C1CC[C@@H]2OC(=O)C(F)(F)F. The van der Waals surface area contributed by atoms with E-state index in [2.05, 4.69) is 6.92 Å². The zero-order chi connectivity index (χ0) is 24.4. The molecule has 4 nitrogen and oxygen atoms in total. The largest absolute Gasteiger partial charge is 0.490 e. The Bertz CT molecular complexity index is 849. The first-order chi connectivity index (χ1) is 15.2. The monoisotopic (exact) mass is 482 g/mol.